The third-order valence-electron chi connectivity index (χ3n) is 2.10. The van der Waals surface area contributed by atoms with Gasteiger partial charge in [-0.15, -0.1) is 0 Å². The van der Waals surface area contributed by atoms with Crippen LogP contribution in [0.15, 0.2) is 24.3 Å². The van der Waals surface area contributed by atoms with Crippen molar-refractivity contribution in [2.45, 2.75) is 25.4 Å². The normalized spacial score (nSPS) is 11.4. The molecule has 0 aliphatic heterocycles. The largest absolute Gasteiger partial charge is 0.399 e. The predicted molar refractivity (Wildman–Crippen MR) is 55.1 cm³/mol. The standard InChI is InChI=1S/C11H12F3NO/c12-11(13,14)7-1-2-10(16)8-3-5-9(15)6-4-8/h3-6H,1-2,7,15H2. The molecule has 0 aliphatic carbocycles. The number of benzene rings is 1. The molecule has 0 saturated carbocycles. The van der Waals surface area contributed by atoms with Crippen LogP contribution >= 0.6 is 0 Å². The minimum Gasteiger partial charge on any atom is -0.399 e. The smallest absolute Gasteiger partial charge is 0.389 e. The number of carbonyl (C=O) groups is 1. The third kappa shape index (κ3) is 4.33. The summed E-state index contributed by atoms with van der Waals surface area (Å²) in [6.07, 6.45) is -5.38. The van der Waals surface area contributed by atoms with Crippen LogP contribution in [0.1, 0.15) is 29.6 Å². The molecular weight excluding hydrogens is 219 g/mol. The van der Waals surface area contributed by atoms with E-state index in [0.717, 1.165) is 0 Å². The Labute approximate surface area is 91.3 Å². The molecule has 0 aliphatic rings. The molecule has 0 fully saturated rings. The molecule has 1 aromatic rings. The van der Waals surface area contributed by atoms with Crippen molar-refractivity contribution < 1.29 is 18.0 Å². The molecule has 0 bridgehead atoms. The van der Waals surface area contributed by atoms with Crippen LogP contribution in [-0.2, 0) is 0 Å². The summed E-state index contributed by atoms with van der Waals surface area (Å²) in [7, 11) is 0. The van der Waals surface area contributed by atoms with Crippen LogP contribution < -0.4 is 5.73 Å². The first kappa shape index (κ1) is 12.5. The number of rotatable bonds is 4. The number of hydrogen-bond acceptors (Lipinski definition) is 2. The van der Waals surface area contributed by atoms with Gasteiger partial charge < -0.3 is 5.73 Å². The highest BCUT2D eigenvalue weighted by atomic mass is 19.4. The summed E-state index contributed by atoms with van der Waals surface area (Å²) in [5, 5.41) is 0. The van der Waals surface area contributed by atoms with E-state index in [9.17, 15) is 18.0 Å². The first-order valence-electron chi connectivity index (χ1n) is 4.84. The number of nitrogens with two attached hydrogens (primary N) is 1. The number of anilines is 1. The zero-order valence-corrected chi connectivity index (χ0v) is 8.55. The molecule has 88 valence electrons. The minimum absolute atomic E-state index is 0.0938. The van der Waals surface area contributed by atoms with Gasteiger partial charge >= 0.3 is 6.18 Å². The topological polar surface area (TPSA) is 43.1 Å². The van der Waals surface area contributed by atoms with Crippen molar-refractivity contribution in [2.24, 2.45) is 0 Å². The highest BCUT2D eigenvalue weighted by Gasteiger charge is 2.26. The minimum atomic E-state index is -4.19. The summed E-state index contributed by atoms with van der Waals surface area (Å²) < 4.78 is 35.5. The SMILES string of the molecule is Nc1ccc(C(=O)CCCC(F)(F)F)cc1. The third-order valence-corrected chi connectivity index (χ3v) is 2.10. The van der Waals surface area contributed by atoms with Crippen molar-refractivity contribution in [1.82, 2.24) is 0 Å². The van der Waals surface area contributed by atoms with Crippen molar-refractivity contribution >= 4 is 11.5 Å². The van der Waals surface area contributed by atoms with E-state index < -0.39 is 12.6 Å². The van der Waals surface area contributed by atoms with Crippen molar-refractivity contribution in [3.8, 4) is 0 Å². The van der Waals surface area contributed by atoms with Crippen LogP contribution in [-0.4, -0.2) is 12.0 Å². The molecular formula is C11H12F3NO. The quantitative estimate of drug-likeness (QED) is 0.638. The summed E-state index contributed by atoms with van der Waals surface area (Å²) in [4.78, 5) is 11.4. The zero-order chi connectivity index (χ0) is 12.2. The van der Waals surface area contributed by atoms with E-state index in [1.807, 2.05) is 0 Å². The second-order valence-corrected chi connectivity index (χ2v) is 3.51. The molecule has 0 saturated heterocycles. The number of carbonyl (C=O) groups excluding carboxylic acids is 1. The van der Waals surface area contributed by atoms with Crippen LogP contribution in [0.5, 0.6) is 0 Å². The Morgan fingerprint density at radius 3 is 2.25 bits per heavy atom. The monoisotopic (exact) mass is 231 g/mol. The highest BCUT2D eigenvalue weighted by Crippen LogP contribution is 2.22. The lowest BCUT2D eigenvalue weighted by Gasteiger charge is -2.05. The number of hydrogen-bond donors (Lipinski definition) is 1. The first-order valence-corrected chi connectivity index (χ1v) is 4.84. The maximum absolute atomic E-state index is 11.8. The van der Waals surface area contributed by atoms with E-state index in [0.29, 0.717) is 11.3 Å². The molecule has 1 aromatic carbocycles. The van der Waals surface area contributed by atoms with Gasteiger partial charge in [0.05, 0.1) is 0 Å². The fourth-order valence-electron chi connectivity index (χ4n) is 1.26. The lowest BCUT2D eigenvalue weighted by atomic mass is 10.1. The summed E-state index contributed by atoms with van der Waals surface area (Å²) in [6.45, 7) is 0. The molecule has 2 N–H and O–H groups in total. The zero-order valence-electron chi connectivity index (χ0n) is 8.55. The fourth-order valence-corrected chi connectivity index (χ4v) is 1.26. The van der Waals surface area contributed by atoms with Gasteiger partial charge in [0.15, 0.2) is 5.78 Å². The van der Waals surface area contributed by atoms with Crippen LogP contribution in [0.2, 0.25) is 0 Å². The van der Waals surface area contributed by atoms with Gasteiger partial charge in [0, 0.05) is 24.1 Å². The van der Waals surface area contributed by atoms with Gasteiger partial charge in [-0.05, 0) is 30.7 Å². The second kappa shape index (κ2) is 5.01. The van der Waals surface area contributed by atoms with E-state index in [4.69, 9.17) is 5.73 Å². The predicted octanol–water partition coefficient (Wildman–Crippen LogP) is 3.18. The molecule has 16 heavy (non-hydrogen) atoms. The maximum atomic E-state index is 11.8. The van der Waals surface area contributed by atoms with E-state index in [1.54, 1.807) is 12.1 Å². The molecule has 0 spiro atoms. The average molecular weight is 231 g/mol. The van der Waals surface area contributed by atoms with Gasteiger partial charge in [-0.3, -0.25) is 4.79 Å². The van der Waals surface area contributed by atoms with Gasteiger partial charge in [0.25, 0.3) is 0 Å². The highest BCUT2D eigenvalue weighted by molar-refractivity contribution is 5.96. The summed E-state index contributed by atoms with van der Waals surface area (Å²) >= 11 is 0. The number of halogens is 3. The van der Waals surface area contributed by atoms with Gasteiger partial charge in [0.2, 0.25) is 0 Å². The maximum Gasteiger partial charge on any atom is 0.389 e. The summed E-state index contributed by atoms with van der Waals surface area (Å²) in [5.41, 5.74) is 6.34. The molecule has 0 heterocycles. The Morgan fingerprint density at radius 2 is 1.75 bits per heavy atom. The van der Waals surface area contributed by atoms with Crippen molar-refractivity contribution in [3.05, 3.63) is 29.8 Å². The van der Waals surface area contributed by atoms with E-state index in [1.165, 1.54) is 12.1 Å². The Kier molecular flexibility index (Phi) is 3.93. The van der Waals surface area contributed by atoms with Gasteiger partial charge in [0.1, 0.15) is 0 Å². The number of alkyl halides is 3. The number of ketones is 1. The molecule has 5 heteroatoms. The van der Waals surface area contributed by atoms with Gasteiger partial charge in [-0.2, -0.15) is 13.2 Å². The Hall–Kier alpha value is -1.52. The van der Waals surface area contributed by atoms with Crippen LogP contribution in [0.3, 0.4) is 0 Å². The molecule has 1 rings (SSSR count). The van der Waals surface area contributed by atoms with E-state index >= 15 is 0 Å². The van der Waals surface area contributed by atoms with Crippen LogP contribution in [0, 0.1) is 0 Å². The summed E-state index contributed by atoms with van der Waals surface area (Å²) in [5.74, 6) is -0.288. The van der Waals surface area contributed by atoms with Gasteiger partial charge in [-0.1, -0.05) is 0 Å². The Morgan fingerprint density at radius 1 is 1.19 bits per heavy atom. The van der Waals surface area contributed by atoms with Gasteiger partial charge in [-0.25, -0.2) is 0 Å². The van der Waals surface area contributed by atoms with Crippen molar-refractivity contribution in [3.63, 3.8) is 0 Å². The Balaban J connectivity index is 2.44. The Bertz CT molecular complexity index is 356. The second-order valence-electron chi connectivity index (χ2n) is 3.51. The number of nitrogen functional groups attached to an aromatic ring is 1. The fraction of sp³-hybridized carbons (Fsp3) is 0.364. The molecule has 0 aromatic heterocycles. The van der Waals surface area contributed by atoms with E-state index in [2.05, 4.69) is 0 Å². The lowest BCUT2D eigenvalue weighted by molar-refractivity contribution is -0.135. The molecule has 0 atom stereocenters. The van der Waals surface area contributed by atoms with Crippen LogP contribution in [0.25, 0.3) is 0 Å². The molecule has 0 unspecified atom stereocenters. The van der Waals surface area contributed by atoms with E-state index in [-0.39, 0.29) is 18.6 Å². The number of Topliss-reactive ketones (excluding diaryl/α,β-unsaturated/α-hetero) is 1. The first-order chi connectivity index (χ1) is 7.38. The van der Waals surface area contributed by atoms with Crippen molar-refractivity contribution in [2.75, 3.05) is 5.73 Å². The molecule has 0 radical (unpaired) electrons. The lowest BCUT2D eigenvalue weighted by Crippen LogP contribution is -2.08. The average Bonchev–Trinajstić information content (AvgIpc) is 2.16. The summed E-state index contributed by atoms with van der Waals surface area (Å²) in [6, 6.07) is 6.14. The van der Waals surface area contributed by atoms with Crippen LogP contribution in [0.4, 0.5) is 18.9 Å². The molecule has 2 nitrogen and oxygen atoms in total. The van der Waals surface area contributed by atoms with Crippen molar-refractivity contribution in [1.29, 1.82) is 0 Å². The molecule has 0 amide bonds.